The highest BCUT2D eigenvalue weighted by atomic mass is 16.5. The molecule has 0 N–H and O–H groups in total. The van der Waals surface area contributed by atoms with Crippen LogP contribution in [0.5, 0.6) is 0 Å². The Bertz CT molecular complexity index is 604. The van der Waals surface area contributed by atoms with Crippen LogP contribution in [0.25, 0.3) is 0 Å². The predicted molar refractivity (Wildman–Crippen MR) is 82.4 cm³/mol. The van der Waals surface area contributed by atoms with E-state index >= 15 is 0 Å². The third kappa shape index (κ3) is 3.68. The molecule has 0 aliphatic carbocycles. The number of amides is 1. The van der Waals surface area contributed by atoms with Crippen molar-refractivity contribution in [3.8, 4) is 0 Å². The fraction of sp³-hybridized carbons (Fsp3) is 0.353. The van der Waals surface area contributed by atoms with Gasteiger partial charge in [0, 0.05) is 37.6 Å². The molecule has 0 saturated carbocycles. The Morgan fingerprint density at radius 1 is 1.27 bits per heavy atom. The molecule has 0 bridgehead atoms. The second kappa shape index (κ2) is 7.13. The fourth-order valence-corrected chi connectivity index (χ4v) is 2.69. The summed E-state index contributed by atoms with van der Waals surface area (Å²) in [5.74, 6) is 0.252. The summed E-state index contributed by atoms with van der Waals surface area (Å²) in [5.41, 5.74) is 1.66. The Kier molecular flexibility index (Phi) is 4.75. The monoisotopic (exact) mass is 297 g/mol. The second-order valence-electron chi connectivity index (χ2n) is 5.47. The molecular formula is C17H19N3O2. The van der Waals surface area contributed by atoms with E-state index in [9.17, 15) is 4.79 Å². The Labute approximate surface area is 130 Å². The van der Waals surface area contributed by atoms with Gasteiger partial charge in [0.25, 0.3) is 5.91 Å². The Morgan fingerprint density at radius 3 is 3.00 bits per heavy atom. The fourth-order valence-electron chi connectivity index (χ4n) is 2.69. The van der Waals surface area contributed by atoms with Crippen molar-refractivity contribution in [3.05, 3.63) is 60.2 Å². The quantitative estimate of drug-likeness (QED) is 0.867. The molecule has 2 aromatic rings. The smallest absolute Gasteiger partial charge is 0.272 e. The third-order valence-corrected chi connectivity index (χ3v) is 3.76. The summed E-state index contributed by atoms with van der Waals surface area (Å²) in [7, 11) is 0. The van der Waals surface area contributed by atoms with E-state index in [1.54, 1.807) is 18.5 Å². The number of aromatic nitrogens is 2. The zero-order valence-electron chi connectivity index (χ0n) is 12.4. The van der Waals surface area contributed by atoms with Crippen molar-refractivity contribution < 1.29 is 9.53 Å². The minimum atomic E-state index is -0.0257. The molecule has 1 aliphatic rings. The predicted octanol–water partition coefficient (Wildman–Crippen LogP) is 1.81. The SMILES string of the molecule is O=C(c1ccccn1)N1CCOC[C@H](Cc2cccnc2)C1. The molecule has 5 heteroatoms. The van der Waals surface area contributed by atoms with Gasteiger partial charge in [-0.1, -0.05) is 12.1 Å². The summed E-state index contributed by atoms with van der Waals surface area (Å²) in [6, 6.07) is 9.39. The first-order valence-electron chi connectivity index (χ1n) is 7.50. The van der Waals surface area contributed by atoms with E-state index in [0.29, 0.717) is 32.0 Å². The molecule has 1 atom stereocenters. The zero-order chi connectivity index (χ0) is 15.2. The normalized spacial score (nSPS) is 18.7. The van der Waals surface area contributed by atoms with Crippen molar-refractivity contribution in [3.63, 3.8) is 0 Å². The number of pyridine rings is 2. The van der Waals surface area contributed by atoms with E-state index in [-0.39, 0.29) is 11.8 Å². The first kappa shape index (κ1) is 14.7. The van der Waals surface area contributed by atoms with Gasteiger partial charge in [0.2, 0.25) is 0 Å². The molecule has 1 amide bonds. The molecule has 0 radical (unpaired) electrons. The molecule has 1 fully saturated rings. The lowest BCUT2D eigenvalue weighted by Crippen LogP contribution is -2.36. The first-order chi connectivity index (χ1) is 10.8. The van der Waals surface area contributed by atoms with E-state index < -0.39 is 0 Å². The van der Waals surface area contributed by atoms with Crippen molar-refractivity contribution in [1.82, 2.24) is 14.9 Å². The number of hydrogen-bond donors (Lipinski definition) is 0. The Balaban J connectivity index is 1.69. The van der Waals surface area contributed by atoms with Gasteiger partial charge in [-0.25, -0.2) is 0 Å². The number of carbonyl (C=O) groups is 1. The maximum absolute atomic E-state index is 12.5. The van der Waals surface area contributed by atoms with Gasteiger partial charge in [-0.05, 0) is 30.2 Å². The molecule has 114 valence electrons. The van der Waals surface area contributed by atoms with Crippen LogP contribution in [0, 0.1) is 5.92 Å². The van der Waals surface area contributed by atoms with Gasteiger partial charge in [-0.2, -0.15) is 0 Å². The van der Waals surface area contributed by atoms with E-state index in [0.717, 1.165) is 6.42 Å². The van der Waals surface area contributed by atoms with E-state index in [1.165, 1.54) is 5.56 Å². The zero-order valence-corrected chi connectivity index (χ0v) is 12.4. The summed E-state index contributed by atoms with van der Waals surface area (Å²) >= 11 is 0. The number of ether oxygens (including phenoxy) is 1. The van der Waals surface area contributed by atoms with E-state index in [4.69, 9.17) is 4.74 Å². The Morgan fingerprint density at radius 2 is 2.23 bits per heavy atom. The highest BCUT2D eigenvalue weighted by molar-refractivity contribution is 5.92. The maximum Gasteiger partial charge on any atom is 0.272 e. The molecule has 22 heavy (non-hydrogen) atoms. The highest BCUT2D eigenvalue weighted by Crippen LogP contribution is 2.15. The van der Waals surface area contributed by atoms with Gasteiger partial charge >= 0.3 is 0 Å². The van der Waals surface area contributed by atoms with Gasteiger partial charge in [0.15, 0.2) is 0 Å². The molecule has 1 saturated heterocycles. The molecule has 2 aromatic heterocycles. The van der Waals surface area contributed by atoms with Crippen LogP contribution in [0.15, 0.2) is 48.9 Å². The minimum Gasteiger partial charge on any atom is -0.379 e. The van der Waals surface area contributed by atoms with Gasteiger partial charge in [-0.15, -0.1) is 0 Å². The van der Waals surface area contributed by atoms with Gasteiger partial charge in [0.1, 0.15) is 5.69 Å². The van der Waals surface area contributed by atoms with Crippen molar-refractivity contribution in [1.29, 1.82) is 0 Å². The standard InChI is InChI=1S/C17H19N3O2/c21-17(16-5-1-2-7-19-16)20-8-9-22-13-15(12-20)10-14-4-3-6-18-11-14/h1-7,11,15H,8-10,12-13H2/t15-/m1/s1. The lowest BCUT2D eigenvalue weighted by Gasteiger charge is -2.23. The van der Waals surface area contributed by atoms with Gasteiger partial charge in [-0.3, -0.25) is 14.8 Å². The van der Waals surface area contributed by atoms with E-state index in [1.807, 2.05) is 29.3 Å². The lowest BCUT2D eigenvalue weighted by atomic mass is 10.0. The molecule has 5 nitrogen and oxygen atoms in total. The lowest BCUT2D eigenvalue weighted by molar-refractivity contribution is 0.0731. The van der Waals surface area contributed by atoms with Crippen LogP contribution in [-0.2, 0) is 11.2 Å². The number of nitrogens with zero attached hydrogens (tertiary/aromatic N) is 3. The molecule has 3 heterocycles. The molecule has 1 aliphatic heterocycles. The first-order valence-corrected chi connectivity index (χ1v) is 7.50. The van der Waals surface area contributed by atoms with E-state index in [2.05, 4.69) is 16.0 Å². The van der Waals surface area contributed by atoms with Crippen molar-refractivity contribution >= 4 is 5.91 Å². The second-order valence-corrected chi connectivity index (χ2v) is 5.47. The largest absolute Gasteiger partial charge is 0.379 e. The summed E-state index contributed by atoms with van der Waals surface area (Å²) < 4.78 is 5.66. The summed E-state index contributed by atoms with van der Waals surface area (Å²) in [5, 5.41) is 0. The molecule has 3 rings (SSSR count). The van der Waals surface area contributed by atoms with Gasteiger partial charge in [0.05, 0.1) is 13.2 Å². The Hall–Kier alpha value is -2.27. The molecule has 0 aromatic carbocycles. The van der Waals surface area contributed by atoms with Gasteiger partial charge < -0.3 is 9.64 Å². The van der Waals surface area contributed by atoms with Crippen LogP contribution >= 0.6 is 0 Å². The molecular weight excluding hydrogens is 278 g/mol. The average molecular weight is 297 g/mol. The van der Waals surface area contributed by atoms with Crippen molar-refractivity contribution in [2.75, 3.05) is 26.3 Å². The number of hydrogen-bond acceptors (Lipinski definition) is 4. The summed E-state index contributed by atoms with van der Waals surface area (Å²) in [6.45, 7) is 2.53. The minimum absolute atomic E-state index is 0.0257. The topological polar surface area (TPSA) is 55.3 Å². The van der Waals surface area contributed by atoms with Crippen molar-refractivity contribution in [2.45, 2.75) is 6.42 Å². The number of rotatable bonds is 3. The summed E-state index contributed by atoms with van der Waals surface area (Å²) in [4.78, 5) is 22.7. The van der Waals surface area contributed by atoms with Crippen LogP contribution in [0.1, 0.15) is 16.1 Å². The van der Waals surface area contributed by atoms with Crippen LogP contribution in [0.3, 0.4) is 0 Å². The van der Waals surface area contributed by atoms with Crippen LogP contribution in [0.4, 0.5) is 0 Å². The summed E-state index contributed by atoms with van der Waals surface area (Å²) in [6.07, 6.45) is 6.15. The highest BCUT2D eigenvalue weighted by Gasteiger charge is 2.24. The van der Waals surface area contributed by atoms with Crippen LogP contribution < -0.4 is 0 Å². The van der Waals surface area contributed by atoms with Crippen LogP contribution in [-0.4, -0.2) is 47.1 Å². The molecule has 0 spiro atoms. The maximum atomic E-state index is 12.5. The molecule has 0 unspecified atom stereocenters. The number of carbonyl (C=O) groups excluding carboxylic acids is 1. The average Bonchev–Trinajstić information content (AvgIpc) is 2.81. The third-order valence-electron chi connectivity index (χ3n) is 3.76. The van der Waals surface area contributed by atoms with Crippen LogP contribution in [0.2, 0.25) is 0 Å². The van der Waals surface area contributed by atoms with Crippen molar-refractivity contribution in [2.24, 2.45) is 5.92 Å².